The van der Waals surface area contributed by atoms with Crippen molar-refractivity contribution in [1.29, 1.82) is 0 Å². The summed E-state index contributed by atoms with van der Waals surface area (Å²) in [5, 5.41) is 3.65. The number of hydrogen-bond acceptors (Lipinski definition) is 6. The zero-order valence-electron chi connectivity index (χ0n) is 11.2. The van der Waals surface area contributed by atoms with Crippen molar-refractivity contribution >= 4 is 19.7 Å². The molecule has 0 bridgehead atoms. The Bertz CT molecular complexity index is 740. The summed E-state index contributed by atoms with van der Waals surface area (Å²) in [5.41, 5.74) is 1.17. The third-order valence-electron chi connectivity index (χ3n) is 2.66. The lowest BCUT2D eigenvalue weighted by molar-refractivity contribution is 0.241. The largest absolute Gasteiger partial charge is 0.483 e. The average Bonchev–Trinajstić information content (AvgIpc) is 2.74. The fourth-order valence-corrected chi connectivity index (χ4v) is 2.98. The van der Waals surface area contributed by atoms with E-state index in [1.807, 2.05) is 0 Å². The molecule has 0 unspecified atom stereocenters. The molecule has 2 rings (SSSR count). The Morgan fingerprint density at radius 3 is 2.50 bits per heavy atom. The van der Waals surface area contributed by atoms with Crippen molar-refractivity contribution in [1.82, 2.24) is 10.1 Å². The molecular formula is C12H13ClN2O4S. The summed E-state index contributed by atoms with van der Waals surface area (Å²) in [6.07, 6.45) is 0. The fourth-order valence-electron chi connectivity index (χ4n) is 1.72. The van der Waals surface area contributed by atoms with E-state index in [1.54, 1.807) is 26.8 Å². The van der Waals surface area contributed by atoms with Crippen LogP contribution in [0.4, 0.5) is 0 Å². The Kier molecular flexibility index (Phi) is 4.01. The monoisotopic (exact) mass is 316 g/mol. The first kappa shape index (κ1) is 14.8. The third kappa shape index (κ3) is 3.29. The molecule has 108 valence electrons. The van der Waals surface area contributed by atoms with Gasteiger partial charge in [-0.15, -0.1) is 0 Å². The van der Waals surface area contributed by atoms with Crippen LogP contribution in [-0.4, -0.2) is 18.6 Å². The highest BCUT2D eigenvalue weighted by molar-refractivity contribution is 8.13. The SMILES string of the molecule is Cc1noc(COc2cc(C)c(S(=O)(=O)Cl)cc2C)n1. The molecule has 6 nitrogen and oxygen atoms in total. The summed E-state index contributed by atoms with van der Waals surface area (Å²) in [6.45, 7) is 5.22. The van der Waals surface area contributed by atoms with Crippen molar-refractivity contribution in [3.05, 3.63) is 35.0 Å². The Balaban J connectivity index is 2.23. The molecule has 0 spiro atoms. The first-order chi connectivity index (χ1) is 9.27. The van der Waals surface area contributed by atoms with Gasteiger partial charge in [-0.1, -0.05) is 5.16 Å². The molecular weight excluding hydrogens is 304 g/mol. The summed E-state index contributed by atoms with van der Waals surface area (Å²) in [6, 6.07) is 3.10. The van der Waals surface area contributed by atoms with Crippen molar-refractivity contribution in [3.63, 3.8) is 0 Å². The van der Waals surface area contributed by atoms with Crippen LogP contribution in [0.2, 0.25) is 0 Å². The van der Waals surface area contributed by atoms with Gasteiger partial charge in [-0.05, 0) is 44.0 Å². The van der Waals surface area contributed by atoms with Crippen LogP contribution in [0.3, 0.4) is 0 Å². The number of halogens is 1. The van der Waals surface area contributed by atoms with Crippen LogP contribution in [0.15, 0.2) is 21.6 Å². The molecule has 0 aliphatic carbocycles. The molecule has 0 fully saturated rings. The maximum atomic E-state index is 11.4. The first-order valence-corrected chi connectivity index (χ1v) is 8.06. The van der Waals surface area contributed by atoms with E-state index in [0.29, 0.717) is 28.6 Å². The van der Waals surface area contributed by atoms with Gasteiger partial charge in [-0.2, -0.15) is 4.98 Å². The summed E-state index contributed by atoms with van der Waals surface area (Å²) in [4.78, 5) is 4.10. The second-order valence-corrected chi connectivity index (χ2v) is 6.88. The fraction of sp³-hybridized carbons (Fsp3) is 0.333. The van der Waals surface area contributed by atoms with E-state index >= 15 is 0 Å². The van der Waals surface area contributed by atoms with E-state index in [9.17, 15) is 8.42 Å². The van der Waals surface area contributed by atoms with Crippen molar-refractivity contribution in [3.8, 4) is 5.75 Å². The standard InChI is InChI=1S/C12H13ClN2O4S/c1-7-5-11(20(13,16)17)8(2)4-10(7)18-6-12-14-9(3)15-19-12/h4-5H,6H2,1-3H3. The molecule has 0 saturated heterocycles. The van der Waals surface area contributed by atoms with Crippen LogP contribution in [-0.2, 0) is 15.7 Å². The number of rotatable bonds is 4. The first-order valence-electron chi connectivity index (χ1n) is 5.75. The molecule has 0 radical (unpaired) electrons. The lowest BCUT2D eigenvalue weighted by Crippen LogP contribution is -2.01. The minimum Gasteiger partial charge on any atom is -0.483 e. The second kappa shape index (κ2) is 5.41. The Hall–Kier alpha value is -1.60. The Labute approximate surface area is 121 Å². The molecule has 0 aliphatic rings. The molecule has 8 heteroatoms. The molecule has 0 N–H and O–H groups in total. The Morgan fingerprint density at radius 2 is 1.95 bits per heavy atom. The molecule has 1 aromatic heterocycles. The van der Waals surface area contributed by atoms with Gasteiger partial charge in [0.1, 0.15) is 5.75 Å². The highest BCUT2D eigenvalue weighted by atomic mass is 35.7. The van der Waals surface area contributed by atoms with Gasteiger partial charge < -0.3 is 9.26 Å². The van der Waals surface area contributed by atoms with Gasteiger partial charge in [0.25, 0.3) is 14.9 Å². The zero-order valence-corrected chi connectivity index (χ0v) is 12.7. The molecule has 0 amide bonds. The van der Waals surface area contributed by atoms with Gasteiger partial charge >= 0.3 is 0 Å². The lowest BCUT2D eigenvalue weighted by atomic mass is 10.1. The molecule has 2 aromatic rings. The van der Waals surface area contributed by atoms with Gasteiger partial charge in [0.2, 0.25) is 0 Å². The minimum atomic E-state index is -3.76. The lowest BCUT2D eigenvalue weighted by Gasteiger charge is -2.10. The third-order valence-corrected chi connectivity index (χ3v) is 4.12. The summed E-state index contributed by atoms with van der Waals surface area (Å²) >= 11 is 0. The maximum absolute atomic E-state index is 11.4. The highest BCUT2D eigenvalue weighted by Gasteiger charge is 2.16. The summed E-state index contributed by atoms with van der Waals surface area (Å²) < 4.78 is 33.3. The molecule has 1 heterocycles. The van der Waals surface area contributed by atoms with E-state index in [-0.39, 0.29) is 11.5 Å². The maximum Gasteiger partial charge on any atom is 0.264 e. The summed E-state index contributed by atoms with van der Waals surface area (Å²) in [7, 11) is 1.60. The topological polar surface area (TPSA) is 82.3 Å². The zero-order chi connectivity index (χ0) is 14.9. The van der Waals surface area contributed by atoms with Crippen LogP contribution in [0, 0.1) is 20.8 Å². The smallest absolute Gasteiger partial charge is 0.264 e. The average molecular weight is 317 g/mol. The van der Waals surface area contributed by atoms with Crippen LogP contribution >= 0.6 is 10.7 Å². The number of aromatic nitrogens is 2. The Morgan fingerprint density at radius 1 is 1.25 bits per heavy atom. The van der Waals surface area contributed by atoms with Crippen molar-refractivity contribution in [2.75, 3.05) is 0 Å². The highest BCUT2D eigenvalue weighted by Crippen LogP contribution is 2.28. The number of benzene rings is 1. The van der Waals surface area contributed by atoms with Crippen LogP contribution < -0.4 is 4.74 Å². The minimum absolute atomic E-state index is 0.0812. The molecule has 0 aliphatic heterocycles. The number of nitrogens with zero attached hydrogens (tertiary/aromatic N) is 2. The van der Waals surface area contributed by atoms with Gasteiger partial charge in [-0.25, -0.2) is 8.42 Å². The number of ether oxygens (including phenoxy) is 1. The predicted molar refractivity (Wildman–Crippen MR) is 72.3 cm³/mol. The van der Waals surface area contributed by atoms with Crippen molar-refractivity contribution in [2.45, 2.75) is 32.3 Å². The van der Waals surface area contributed by atoms with E-state index in [4.69, 9.17) is 19.9 Å². The van der Waals surface area contributed by atoms with E-state index in [2.05, 4.69) is 10.1 Å². The van der Waals surface area contributed by atoms with Gasteiger partial charge in [0.15, 0.2) is 12.4 Å². The normalized spacial score (nSPS) is 11.6. The molecule has 0 atom stereocenters. The van der Waals surface area contributed by atoms with Gasteiger partial charge in [0.05, 0.1) is 4.90 Å². The predicted octanol–water partition coefficient (Wildman–Crippen LogP) is 2.50. The van der Waals surface area contributed by atoms with Crippen molar-refractivity contribution < 1.29 is 17.7 Å². The van der Waals surface area contributed by atoms with Crippen LogP contribution in [0.5, 0.6) is 5.75 Å². The van der Waals surface area contributed by atoms with Crippen LogP contribution in [0.25, 0.3) is 0 Å². The van der Waals surface area contributed by atoms with Gasteiger partial charge in [0, 0.05) is 10.7 Å². The number of hydrogen-bond donors (Lipinski definition) is 0. The van der Waals surface area contributed by atoms with Crippen molar-refractivity contribution in [2.24, 2.45) is 0 Å². The molecule has 20 heavy (non-hydrogen) atoms. The van der Waals surface area contributed by atoms with Crippen LogP contribution in [0.1, 0.15) is 22.8 Å². The quantitative estimate of drug-likeness (QED) is 0.806. The van der Waals surface area contributed by atoms with E-state index in [1.165, 1.54) is 6.07 Å². The number of aryl methyl sites for hydroxylation is 3. The van der Waals surface area contributed by atoms with E-state index < -0.39 is 9.05 Å². The molecule has 0 saturated carbocycles. The van der Waals surface area contributed by atoms with E-state index in [0.717, 1.165) is 0 Å². The summed E-state index contributed by atoms with van der Waals surface area (Å²) in [5.74, 6) is 1.43. The van der Waals surface area contributed by atoms with Gasteiger partial charge in [-0.3, -0.25) is 0 Å². The second-order valence-electron chi connectivity index (χ2n) is 4.35. The molecule has 1 aromatic carbocycles.